The number of amides is 1. The smallest absolute Gasteiger partial charge is 0.254 e. The van der Waals surface area contributed by atoms with Crippen LogP contribution in [0.25, 0.3) is 0 Å². The van der Waals surface area contributed by atoms with E-state index in [1.165, 1.54) is 11.3 Å². The average molecular weight is 334 g/mol. The molecule has 0 aliphatic carbocycles. The number of hydrogen-bond donors (Lipinski definition) is 2. The van der Waals surface area contributed by atoms with E-state index in [1.54, 1.807) is 0 Å². The van der Waals surface area contributed by atoms with Crippen molar-refractivity contribution in [2.24, 2.45) is 11.7 Å². The molecule has 1 fully saturated rings. The second kappa shape index (κ2) is 8.08. The lowest BCUT2D eigenvalue weighted by molar-refractivity contribution is -0.126. The Balaban J connectivity index is 0.00000220. The van der Waals surface area contributed by atoms with Gasteiger partial charge >= 0.3 is 0 Å². The first-order valence-corrected chi connectivity index (χ1v) is 7.94. The average Bonchev–Trinajstić information content (AvgIpc) is 2.96. The first-order valence-electron chi connectivity index (χ1n) is 7.12. The van der Waals surface area contributed by atoms with Gasteiger partial charge in [0.25, 0.3) is 5.91 Å². The van der Waals surface area contributed by atoms with E-state index in [0.717, 1.165) is 35.0 Å². The van der Waals surface area contributed by atoms with Gasteiger partial charge in [-0.15, -0.1) is 23.7 Å². The number of nitrogens with one attached hydrogen (secondary N) is 1. The molecule has 3 N–H and O–H groups in total. The standard InChI is InChI=1S/C14H23N3O2S.ClH/c1-8(2)6-11-14(20-9(3)16-11)17-13(18)12-5-4-10(7-15)19-12;/h8,10,12H,4-7,15H2,1-3H3,(H,17,18);1H/t10-,12+;/m1./s1. The third kappa shape index (κ3) is 4.92. The number of aryl methyl sites for hydroxylation is 1. The Morgan fingerprint density at radius 3 is 2.81 bits per heavy atom. The fraction of sp³-hybridized carbons (Fsp3) is 0.714. The molecule has 5 nitrogen and oxygen atoms in total. The van der Waals surface area contributed by atoms with Crippen molar-refractivity contribution >= 4 is 34.7 Å². The number of carbonyl (C=O) groups excluding carboxylic acids is 1. The zero-order valence-electron chi connectivity index (χ0n) is 12.7. The van der Waals surface area contributed by atoms with Gasteiger partial charge in [0.1, 0.15) is 11.1 Å². The van der Waals surface area contributed by atoms with Crippen LogP contribution >= 0.6 is 23.7 Å². The SMILES string of the molecule is Cc1nc(CC(C)C)c(NC(=O)[C@@H]2CC[C@H](CN)O2)s1.Cl. The van der Waals surface area contributed by atoms with Crippen LogP contribution in [0.4, 0.5) is 5.00 Å². The van der Waals surface area contributed by atoms with Crippen LogP contribution in [-0.2, 0) is 16.0 Å². The van der Waals surface area contributed by atoms with E-state index in [-0.39, 0.29) is 30.5 Å². The van der Waals surface area contributed by atoms with E-state index in [0.29, 0.717) is 12.5 Å². The van der Waals surface area contributed by atoms with Gasteiger partial charge in [-0.25, -0.2) is 4.98 Å². The number of carbonyl (C=O) groups is 1. The number of ether oxygens (including phenoxy) is 1. The molecule has 0 aromatic carbocycles. The number of nitrogens with two attached hydrogens (primary N) is 1. The lowest BCUT2D eigenvalue weighted by Crippen LogP contribution is -2.29. The summed E-state index contributed by atoms with van der Waals surface area (Å²) in [6, 6.07) is 0. The summed E-state index contributed by atoms with van der Waals surface area (Å²) in [6.07, 6.45) is 2.11. The Bertz CT molecular complexity index is 479. The molecule has 1 saturated heterocycles. The lowest BCUT2D eigenvalue weighted by Gasteiger charge is -2.12. The maximum Gasteiger partial charge on any atom is 0.254 e. The van der Waals surface area contributed by atoms with Gasteiger partial charge in [0.2, 0.25) is 0 Å². The van der Waals surface area contributed by atoms with Crippen LogP contribution in [0, 0.1) is 12.8 Å². The normalized spacial score (nSPS) is 21.4. The fourth-order valence-corrected chi connectivity index (χ4v) is 3.21. The molecule has 1 aromatic rings. The van der Waals surface area contributed by atoms with Crippen LogP contribution in [0.1, 0.15) is 37.4 Å². The molecule has 2 heterocycles. The van der Waals surface area contributed by atoms with Gasteiger partial charge in [-0.1, -0.05) is 13.8 Å². The summed E-state index contributed by atoms with van der Waals surface area (Å²) < 4.78 is 5.62. The molecule has 0 unspecified atom stereocenters. The van der Waals surface area contributed by atoms with Crippen LogP contribution in [0.3, 0.4) is 0 Å². The Kier molecular flexibility index (Phi) is 7.06. The number of anilines is 1. The van der Waals surface area contributed by atoms with Crippen molar-refractivity contribution in [3.05, 3.63) is 10.7 Å². The maximum absolute atomic E-state index is 12.2. The molecule has 1 amide bonds. The number of halogens is 1. The van der Waals surface area contributed by atoms with Crippen molar-refractivity contribution in [1.29, 1.82) is 0 Å². The number of rotatable bonds is 5. The molecular formula is C14H24ClN3O2S. The summed E-state index contributed by atoms with van der Waals surface area (Å²) in [4.78, 5) is 16.7. The van der Waals surface area contributed by atoms with Crippen molar-refractivity contribution in [2.45, 2.75) is 52.2 Å². The highest BCUT2D eigenvalue weighted by atomic mass is 35.5. The van der Waals surface area contributed by atoms with E-state index in [1.807, 2.05) is 6.92 Å². The van der Waals surface area contributed by atoms with E-state index in [9.17, 15) is 4.79 Å². The van der Waals surface area contributed by atoms with E-state index < -0.39 is 0 Å². The Labute approximate surface area is 136 Å². The molecule has 1 aliphatic rings. The Morgan fingerprint density at radius 1 is 1.52 bits per heavy atom. The number of aromatic nitrogens is 1. The predicted octanol–water partition coefficient (Wildman–Crippen LogP) is 2.52. The zero-order valence-corrected chi connectivity index (χ0v) is 14.4. The molecule has 1 aromatic heterocycles. The minimum absolute atomic E-state index is 0. The highest BCUT2D eigenvalue weighted by Gasteiger charge is 2.30. The zero-order chi connectivity index (χ0) is 14.7. The van der Waals surface area contributed by atoms with Crippen LogP contribution in [0.5, 0.6) is 0 Å². The van der Waals surface area contributed by atoms with E-state index in [4.69, 9.17) is 10.5 Å². The van der Waals surface area contributed by atoms with Crippen molar-refractivity contribution in [1.82, 2.24) is 4.98 Å². The summed E-state index contributed by atoms with van der Waals surface area (Å²) in [5.74, 6) is 0.436. The summed E-state index contributed by atoms with van der Waals surface area (Å²) >= 11 is 1.53. The minimum atomic E-state index is -0.377. The van der Waals surface area contributed by atoms with Crippen LogP contribution < -0.4 is 11.1 Å². The minimum Gasteiger partial charge on any atom is -0.364 e. The van der Waals surface area contributed by atoms with Gasteiger partial charge in [0.15, 0.2) is 0 Å². The second-order valence-corrected chi connectivity index (χ2v) is 6.86. The largest absolute Gasteiger partial charge is 0.364 e. The van der Waals surface area contributed by atoms with Crippen molar-refractivity contribution in [2.75, 3.05) is 11.9 Å². The summed E-state index contributed by atoms with van der Waals surface area (Å²) in [5.41, 5.74) is 6.54. The van der Waals surface area contributed by atoms with E-state index >= 15 is 0 Å². The monoisotopic (exact) mass is 333 g/mol. The lowest BCUT2D eigenvalue weighted by atomic mass is 10.1. The molecule has 0 radical (unpaired) electrons. The molecule has 21 heavy (non-hydrogen) atoms. The van der Waals surface area contributed by atoms with Gasteiger partial charge in [-0.05, 0) is 32.1 Å². The molecule has 0 saturated carbocycles. The summed E-state index contributed by atoms with van der Waals surface area (Å²) in [7, 11) is 0. The van der Waals surface area contributed by atoms with Crippen LogP contribution in [0.2, 0.25) is 0 Å². The first-order chi connectivity index (χ1) is 9.49. The van der Waals surface area contributed by atoms with Crippen LogP contribution in [0.15, 0.2) is 0 Å². The highest BCUT2D eigenvalue weighted by Crippen LogP contribution is 2.28. The topological polar surface area (TPSA) is 77.2 Å². The Hall–Kier alpha value is -0.690. The number of thiazole rings is 1. The second-order valence-electron chi connectivity index (χ2n) is 5.66. The van der Waals surface area contributed by atoms with Gasteiger partial charge in [-0.3, -0.25) is 4.79 Å². The molecule has 120 valence electrons. The van der Waals surface area contributed by atoms with Crippen LogP contribution in [-0.4, -0.2) is 29.6 Å². The molecule has 0 spiro atoms. The molecular weight excluding hydrogens is 310 g/mol. The Morgan fingerprint density at radius 2 is 2.24 bits per heavy atom. The van der Waals surface area contributed by atoms with Crippen molar-refractivity contribution < 1.29 is 9.53 Å². The summed E-state index contributed by atoms with van der Waals surface area (Å²) in [6.45, 7) is 6.72. The third-order valence-corrected chi connectivity index (χ3v) is 4.23. The number of nitrogens with zero attached hydrogens (tertiary/aromatic N) is 1. The maximum atomic E-state index is 12.2. The highest BCUT2D eigenvalue weighted by molar-refractivity contribution is 7.16. The molecule has 7 heteroatoms. The van der Waals surface area contributed by atoms with Gasteiger partial charge in [0, 0.05) is 6.54 Å². The van der Waals surface area contributed by atoms with Gasteiger partial charge in [-0.2, -0.15) is 0 Å². The van der Waals surface area contributed by atoms with Gasteiger partial charge < -0.3 is 15.8 Å². The predicted molar refractivity (Wildman–Crippen MR) is 88.2 cm³/mol. The first kappa shape index (κ1) is 18.4. The molecule has 2 atom stereocenters. The quantitative estimate of drug-likeness (QED) is 0.868. The van der Waals surface area contributed by atoms with E-state index in [2.05, 4.69) is 24.1 Å². The number of hydrogen-bond acceptors (Lipinski definition) is 5. The summed E-state index contributed by atoms with van der Waals surface area (Å²) in [5, 5.41) is 4.81. The molecule has 0 bridgehead atoms. The molecule has 1 aliphatic heterocycles. The van der Waals surface area contributed by atoms with Crippen molar-refractivity contribution in [3.8, 4) is 0 Å². The molecule has 2 rings (SSSR count). The third-order valence-electron chi connectivity index (χ3n) is 3.31. The van der Waals surface area contributed by atoms with Gasteiger partial charge in [0.05, 0.1) is 16.8 Å². The van der Waals surface area contributed by atoms with Crippen molar-refractivity contribution in [3.63, 3.8) is 0 Å². The fourth-order valence-electron chi connectivity index (χ4n) is 2.36.